The Morgan fingerprint density at radius 1 is 1.12 bits per heavy atom. The first-order chi connectivity index (χ1) is 11.8. The van der Waals surface area contributed by atoms with Crippen LogP contribution in [0.4, 0.5) is 0 Å². The van der Waals surface area contributed by atoms with Crippen molar-refractivity contribution >= 4 is 5.91 Å². The standard InChI is InChI=1S/C18H24N4O2/c23-18(16-5-4-12-24-16)21-9-6-17-19-13-15(22(17)11-10-21)14-20-7-2-1-3-8-20/h4-5,12-13H,1-3,6-11,14H2. The van der Waals surface area contributed by atoms with Crippen LogP contribution in [0, 0.1) is 0 Å². The van der Waals surface area contributed by atoms with Crippen LogP contribution in [0.2, 0.25) is 0 Å². The van der Waals surface area contributed by atoms with Crippen molar-refractivity contribution < 1.29 is 9.21 Å². The number of piperidine rings is 1. The van der Waals surface area contributed by atoms with E-state index < -0.39 is 0 Å². The minimum absolute atomic E-state index is 0.0247. The quantitative estimate of drug-likeness (QED) is 0.866. The fourth-order valence-electron chi connectivity index (χ4n) is 3.73. The molecule has 1 fully saturated rings. The molecule has 0 N–H and O–H groups in total. The highest BCUT2D eigenvalue weighted by Gasteiger charge is 2.23. The van der Waals surface area contributed by atoms with Gasteiger partial charge in [-0.15, -0.1) is 0 Å². The lowest BCUT2D eigenvalue weighted by Gasteiger charge is -2.26. The highest BCUT2D eigenvalue weighted by atomic mass is 16.3. The number of nitrogens with zero attached hydrogens (tertiary/aromatic N) is 4. The van der Waals surface area contributed by atoms with Crippen LogP contribution in [0.1, 0.15) is 41.3 Å². The zero-order valence-corrected chi connectivity index (χ0v) is 14.0. The van der Waals surface area contributed by atoms with Crippen molar-refractivity contribution in [2.24, 2.45) is 0 Å². The molecule has 0 spiro atoms. The van der Waals surface area contributed by atoms with E-state index in [2.05, 4.69) is 14.5 Å². The lowest BCUT2D eigenvalue weighted by atomic mass is 10.1. The van der Waals surface area contributed by atoms with E-state index in [-0.39, 0.29) is 5.91 Å². The molecular weight excluding hydrogens is 304 g/mol. The van der Waals surface area contributed by atoms with Gasteiger partial charge in [0.15, 0.2) is 5.76 Å². The van der Waals surface area contributed by atoms with Crippen molar-refractivity contribution in [2.75, 3.05) is 26.2 Å². The van der Waals surface area contributed by atoms with E-state index in [9.17, 15) is 4.79 Å². The van der Waals surface area contributed by atoms with Gasteiger partial charge in [-0.1, -0.05) is 6.42 Å². The fourth-order valence-corrected chi connectivity index (χ4v) is 3.73. The largest absolute Gasteiger partial charge is 0.459 e. The first-order valence-corrected chi connectivity index (χ1v) is 8.90. The number of fused-ring (bicyclic) bond motifs is 1. The molecule has 0 radical (unpaired) electrons. The maximum atomic E-state index is 12.5. The van der Waals surface area contributed by atoms with Gasteiger partial charge in [-0.3, -0.25) is 9.69 Å². The molecule has 0 atom stereocenters. The maximum absolute atomic E-state index is 12.5. The Balaban J connectivity index is 1.44. The molecule has 0 unspecified atom stereocenters. The summed E-state index contributed by atoms with van der Waals surface area (Å²) in [6.07, 6.45) is 8.32. The molecule has 1 amide bonds. The number of furan rings is 1. The second-order valence-corrected chi connectivity index (χ2v) is 6.67. The average Bonchev–Trinajstić information content (AvgIpc) is 3.22. The van der Waals surface area contributed by atoms with Crippen LogP contribution >= 0.6 is 0 Å². The number of amides is 1. The third kappa shape index (κ3) is 3.11. The molecule has 4 heterocycles. The van der Waals surface area contributed by atoms with Crippen molar-refractivity contribution in [3.8, 4) is 0 Å². The number of likely N-dealkylation sites (tertiary alicyclic amines) is 1. The van der Waals surface area contributed by atoms with Gasteiger partial charge in [0.05, 0.1) is 12.0 Å². The molecule has 2 aromatic rings. The van der Waals surface area contributed by atoms with Crippen molar-refractivity contribution in [2.45, 2.75) is 38.8 Å². The Kier molecular flexibility index (Phi) is 4.38. The van der Waals surface area contributed by atoms with Crippen LogP contribution in [0.3, 0.4) is 0 Å². The summed E-state index contributed by atoms with van der Waals surface area (Å²) in [6, 6.07) is 3.49. The Morgan fingerprint density at radius 2 is 2.00 bits per heavy atom. The van der Waals surface area contributed by atoms with Crippen LogP contribution in [0.5, 0.6) is 0 Å². The van der Waals surface area contributed by atoms with Gasteiger partial charge in [-0.25, -0.2) is 4.98 Å². The molecule has 2 aliphatic rings. The van der Waals surface area contributed by atoms with Crippen LogP contribution in [-0.4, -0.2) is 51.4 Å². The first kappa shape index (κ1) is 15.4. The summed E-state index contributed by atoms with van der Waals surface area (Å²) in [7, 11) is 0. The smallest absolute Gasteiger partial charge is 0.289 e. The first-order valence-electron chi connectivity index (χ1n) is 8.90. The Labute approximate surface area is 142 Å². The summed E-state index contributed by atoms with van der Waals surface area (Å²) >= 11 is 0. The second-order valence-electron chi connectivity index (χ2n) is 6.67. The Hall–Kier alpha value is -2.08. The highest BCUT2D eigenvalue weighted by Crippen LogP contribution is 2.17. The molecule has 128 valence electrons. The minimum Gasteiger partial charge on any atom is -0.459 e. The Morgan fingerprint density at radius 3 is 2.79 bits per heavy atom. The van der Waals surface area contributed by atoms with Crippen molar-refractivity contribution in [3.63, 3.8) is 0 Å². The molecule has 24 heavy (non-hydrogen) atoms. The van der Waals surface area contributed by atoms with Crippen molar-refractivity contribution in [1.29, 1.82) is 0 Å². The number of hydrogen-bond acceptors (Lipinski definition) is 4. The SMILES string of the molecule is O=C(c1ccco1)N1CCc2ncc(CN3CCCCC3)n2CC1. The van der Waals surface area contributed by atoms with Gasteiger partial charge in [-0.2, -0.15) is 0 Å². The number of hydrogen-bond donors (Lipinski definition) is 0. The second kappa shape index (κ2) is 6.81. The van der Waals surface area contributed by atoms with Gasteiger partial charge in [0.1, 0.15) is 5.82 Å². The van der Waals surface area contributed by atoms with E-state index in [4.69, 9.17) is 4.42 Å². The van der Waals surface area contributed by atoms with E-state index in [1.807, 2.05) is 11.1 Å². The summed E-state index contributed by atoms with van der Waals surface area (Å²) in [5.74, 6) is 1.49. The summed E-state index contributed by atoms with van der Waals surface area (Å²) < 4.78 is 7.56. The lowest BCUT2D eigenvalue weighted by Crippen LogP contribution is -2.34. The van der Waals surface area contributed by atoms with E-state index in [0.29, 0.717) is 18.8 Å². The average molecular weight is 328 g/mol. The molecule has 6 nitrogen and oxygen atoms in total. The normalized spacial score (nSPS) is 19.1. The molecule has 0 aromatic carbocycles. The maximum Gasteiger partial charge on any atom is 0.289 e. The predicted octanol–water partition coefficient (Wildman–Crippen LogP) is 2.16. The lowest BCUT2D eigenvalue weighted by molar-refractivity contribution is 0.0726. The van der Waals surface area contributed by atoms with Gasteiger partial charge in [0, 0.05) is 38.8 Å². The number of carbonyl (C=O) groups is 1. The van der Waals surface area contributed by atoms with Gasteiger partial charge in [0.2, 0.25) is 0 Å². The van der Waals surface area contributed by atoms with E-state index in [0.717, 1.165) is 25.3 Å². The van der Waals surface area contributed by atoms with E-state index in [1.54, 1.807) is 18.4 Å². The van der Waals surface area contributed by atoms with Crippen LogP contribution in [0.15, 0.2) is 29.0 Å². The molecule has 4 rings (SSSR count). The number of rotatable bonds is 3. The van der Waals surface area contributed by atoms with Gasteiger partial charge < -0.3 is 13.9 Å². The molecule has 0 bridgehead atoms. The van der Waals surface area contributed by atoms with E-state index >= 15 is 0 Å². The fraction of sp³-hybridized carbons (Fsp3) is 0.556. The predicted molar refractivity (Wildman–Crippen MR) is 89.7 cm³/mol. The monoisotopic (exact) mass is 328 g/mol. The van der Waals surface area contributed by atoms with Crippen molar-refractivity contribution in [3.05, 3.63) is 41.9 Å². The molecule has 0 aliphatic carbocycles. The molecule has 1 saturated heterocycles. The molecule has 2 aromatic heterocycles. The zero-order chi connectivity index (χ0) is 16.4. The number of carbonyl (C=O) groups excluding carboxylic acids is 1. The summed E-state index contributed by atoms with van der Waals surface area (Å²) in [6.45, 7) is 5.55. The number of aromatic nitrogens is 2. The summed E-state index contributed by atoms with van der Waals surface area (Å²) in [5.41, 5.74) is 1.28. The van der Waals surface area contributed by atoms with Gasteiger partial charge in [-0.05, 0) is 38.1 Å². The summed E-state index contributed by atoms with van der Waals surface area (Å²) in [5, 5.41) is 0. The van der Waals surface area contributed by atoms with Crippen LogP contribution in [0.25, 0.3) is 0 Å². The molecule has 6 heteroatoms. The molecular formula is C18H24N4O2. The Bertz CT molecular complexity index is 686. The minimum atomic E-state index is -0.0247. The topological polar surface area (TPSA) is 54.5 Å². The van der Waals surface area contributed by atoms with Crippen LogP contribution < -0.4 is 0 Å². The van der Waals surface area contributed by atoms with Crippen molar-refractivity contribution in [1.82, 2.24) is 19.4 Å². The third-order valence-electron chi connectivity index (χ3n) is 5.07. The number of imidazole rings is 1. The third-order valence-corrected chi connectivity index (χ3v) is 5.07. The highest BCUT2D eigenvalue weighted by molar-refractivity contribution is 5.91. The van der Waals surface area contributed by atoms with Crippen LogP contribution in [-0.2, 0) is 19.5 Å². The summed E-state index contributed by atoms with van der Waals surface area (Å²) in [4.78, 5) is 21.5. The van der Waals surface area contributed by atoms with Gasteiger partial charge >= 0.3 is 0 Å². The van der Waals surface area contributed by atoms with E-state index in [1.165, 1.54) is 38.0 Å². The molecule has 0 saturated carbocycles. The van der Waals surface area contributed by atoms with Gasteiger partial charge in [0.25, 0.3) is 5.91 Å². The zero-order valence-electron chi connectivity index (χ0n) is 14.0. The molecule has 2 aliphatic heterocycles.